The highest BCUT2D eigenvalue weighted by Gasteiger charge is 2.38. The summed E-state index contributed by atoms with van der Waals surface area (Å²) in [5, 5.41) is 0. The average Bonchev–Trinajstić information content (AvgIpc) is 3.44. The van der Waals surface area contributed by atoms with Crippen LogP contribution in [0.15, 0.2) is 6.07 Å². The van der Waals surface area contributed by atoms with E-state index in [9.17, 15) is 0 Å². The summed E-state index contributed by atoms with van der Waals surface area (Å²) in [6, 6.07) is 2.23. The number of unbranched alkanes of at least 4 members (excludes halogenated alkanes) is 1. The maximum Gasteiger partial charge on any atom is 0.321 e. The Kier molecular flexibility index (Phi) is 5.20. The van der Waals surface area contributed by atoms with Gasteiger partial charge in [-0.25, -0.2) is 0 Å². The van der Waals surface area contributed by atoms with E-state index in [0.29, 0.717) is 23.9 Å². The fourth-order valence-corrected chi connectivity index (χ4v) is 3.13. The predicted molar refractivity (Wildman–Crippen MR) is 88.3 cm³/mol. The molecule has 6 nitrogen and oxygen atoms in total. The van der Waals surface area contributed by atoms with Crippen molar-refractivity contribution >= 4 is 5.82 Å². The van der Waals surface area contributed by atoms with Crippen LogP contribution in [0.1, 0.15) is 39.0 Å². The highest BCUT2D eigenvalue weighted by molar-refractivity contribution is 5.43. The van der Waals surface area contributed by atoms with Crippen molar-refractivity contribution in [3.8, 4) is 11.9 Å². The van der Waals surface area contributed by atoms with E-state index in [2.05, 4.69) is 21.8 Å². The normalized spacial score (nSPS) is 24.6. The lowest BCUT2D eigenvalue weighted by molar-refractivity contribution is -0.0412. The Morgan fingerprint density at radius 2 is 2.04 bits per heavy atom. The second-order valence-electron chi connectivity index (χ2n) is 6.44. The van der Waals surface area contributed by atoms with E-state index in [1.807, 2.05) is 6.07 Å². The molecule has 6 heteroatoms. The van der Waals surface area contributed by atoms with Crippen LogP contribution in [-0.2, 0) is 4.74 Å². The van der Waals surface area contributed by atoms with Crippen LogP contribution >= 0.6 is 0 Å². The van der Waals surface area contributed by atoms with Gasteiger partial charge in [0.25, 0.3) is 0 Å². The first-order valence-corrected chi connectivity index (χ1v) is 8.61. The van der Waals surface area contributed by atoms with Gasteiger partial charge in [0, 0.05) is 19.2 Å². The van der Waals surface area contributed by atoms with Crippen LogP contribution in [0.3, 0.4) is 0 Å². The summed E-state index contributed by atoms with van der Waals surface area (Å²) in [7, 11) is 3.19. The maximum atomic E-state index is 6.33. The molecule has 1 aliphatic carbocycles. The van der Waals surface area contributed by atoms with E-state index in [1.165, 1.54) is 25.7 Å². The Morgan fingerprint density at radius 3 is 2.70 bits per heavy atom. The summed E-state index contributed by atoms with van der Waals surface area (Å²) in [5.74, 6) is 2.11. The molecule has 2 atom stereocenters. The molecule has 128 valence electrons. The van der Waals surface area contributed by atoms with Crippen molar-refractivity contribution in [2.24, 2.45) is 5.92 Å². The summed E-state index contributed by atoms with van der Waals surface area (Å²) in [6.07, 6.45) is 6.68. The molecule has 1 aromatic rings. The van der Waals surface area contributed by atoms with Crippen molar-refractivity contribution in [3.05, 3.63) is 6.07 Å². The van der Waals surface area contributed by atoms with Crippen LogP contribution in [0.2, 0.25) is 0 Å². The molecule has 2 heterocycles. The number of rotatable bonds is 7. The number of nitrogens with zero attached hydrogens (tertiary/aromatic N) is 3. The van der Waals surface area contributed by atoms with Gasteiger partial charge >= 0.3 is 6.01 Å². The molecule has 23 heavy (non-hydrogen) atoms. The summed E-state index contributed by atoms with van der Waals surface area (Å²) in [4.78, 5) is 11.0. The molecule has 0 unspecified atom stereocenters. The lowest BCUT2D eigenvalue weighted by Gasteiger charge is -2.39. The summed E-state index contributed by atoms with van der Waals surface area (Å²) in [6.45, 7) is 3.97. The quantitative estimate of drug-likeness (QED) is 0.769. The van der Waals surface area contributed by atoms with Gasteiger partial charge < -0.3 is 19.1 Å². The van der Waals surface area contributed by atoms with Gasteiger partial charge in [0.1, 0.15) is 5.82 Å². The molecule has 0 spiro atoms. The molecule has 1 aromatic heterocycles. The molecule has 0 bridgehead atoms. The van der Waals surface area contributed by atoms with Crippen molar-refractivity contribution < 1.29 is 14.2 Å². The van der Waals surface area contributed by atoms with E-state index >= 15 is 0 Å². The van der Waals surface area contributed by atoms with Crippen LogP contribution in [0, 0.1) is 5.92 Å². The Bertz CT molecular complexity index is 500. The van der Waals surface area contributed by atoms with Gasteiger partial charge in [-0.2, -0.15) is 9.97 Å². The number of aromatic nitrogens is 2. The number of hydrogen-bond donors (Lipinski definition) is 0. The molecule has 0 aromatic carbocycles. The third-order valence-electron chi connectivity index (χ3n) is 4.60. The Morgan fingerprint density at radius 1 is 1.22 bits per heavy atom. The van der Waals surface area contributed by atoms with E-state index in [1.54, 1.807) is 14.2 Å². The lowest BCUT2D eigenvalue weighted by atomic mass is 10.1. The van der Waals surface area contributed by atoms with Crippen molar-refractivity contribution in [2.75, 3.05) is 32.2 Å². The van der Waals surface area contributed by atoms with Crippen molar-refractivity contribution in [1.82, 2.24) is 9.97 Å². The Balaban J connectivity index is 1.78. The van der Waals surface area contributed by atoms with E-state index in [-0.39, 0.29) is 6.10 Å². The van der Waals surface area contributed by atoms with Gasteiger partial charge in [-0.1, -0.05) is 19.8 Å². The van der Waals surface area contributed by atoms with Crippen molar-refractivity contribution in [1.29, 1.82) is 0 Å². The summed E-state index contributed by atoms with van der Waals surface area (Å²) >= 11 is 0. The monoisotopic (exact) mass is 321 g/mol. The lowest BCUT2D eigenvalue weighted by Crippen LogP contribution is -2.49. The van der Waals surface area contributed by atoms with Crippen LogP contribution in [0.5, 0.6) is 11.9 Å². The maximum absolute atomic E-state index is 6.33. The van der Waals surface area contributed by atoms with Crippen molar-refractivity contribution in [2.45, 2.75) is 51.2 Å². The van der Waals surface area contributed by atoms with E-state index < -0.39 is 0 Å². The zero-order chi connectivity index (χ0) is 16.2. The molecule has 1 aliphatic heterocycles. The highest BCUT2D eigenvalue weighted by Crippen LogP contribution is 2.38. The van der Waals surface area contributed by atoms with Gasteiger partial charge in [-0.05, 0) is 25.2 Å². The zero-order valence-corrected chi connectivity index (χ0v) is 14.3. The highest BCUT2D eigenvalue weighted by atomic mass is 16.5. The molecule has 2 fully saturated rings. The van der Waals surface area contributed by atoms with Crippen LogP contribution in [0.4, 0.5) is 5.82 Å². The van der Waals surface area contributed by atoms with Gasteiger partial charge in [-0.3, -0.25) is 0 Å². The number of ether oxygens (including phenoxy) is 3. The predicted octanol–water partition coefficient (Wildman–Crippen LogP) is 2.67. The van der Waals surface area contributed by atoms with Crippen LogP contribution in [0.25, 0.3) is 0 Å². The van der Waals surface area contributed by atoms with Gasteiger partial charge in [0.05, 0.1) is 26.4 Å². The molecule has 3 rings (SSSR count). The Labute approximate surface area is 138 Å². The van der Waals surface area contributed by atoms with Gasteiger partial charge in [0.15, 0.2) is 0 Å². The third-order valence-corrected chi connectivity index (χ3v) is 4.60. The van der Waals surface area contributed by atoms with Crippen LogP contribution < -0.4 is 14.4 Å². The average molecular weight is 321 g/mol. The van der Waals surface area contributed by atoms with Gasteiger partial charge in [-0.15, -0.1) is 0 Å². The molecule has 1 saturated heterocycles. The summed E-state index contributed by atoms with van der Waals surface area (Å²) in [5.41, 5.74) is 0. The second-order valence-corrected chi connectivity index (χ2v) is 6.44. The molecule has 0 N–H and O–H groups in total. The largest absolute Gasteiger partial charge is 0.481 e. The van der Waals surface area contributed by atoms with Crippen LogP contribution in [-0.4, -0.2) is 49.5 Å². The standard InChI is InChI=1S/C17H27N3O3/c1-4-5-6-13-10-20(11-14(23-13)12-7-8-12)15-9-16(21-2)19-17(18-15)22-3/h9,12-14H,4-8,10-11H2,1-3H3/t13-,14-/m1/s1. The van der Waals surface area contributed by atoms with Gasteiger partial charge in [0.2, 0.25) is 5.88 Å². The summed E-state index contributed by atoms with van der Waals surface area (Å²) < 4.78 is 16.8. The third kappa shape index (κ3) is 4.05. The molecular formula is C17H27N3O3. The SMILES string of the molecule is CCCC[C@@H]1CN(c2cc(OC)nc(OC)n2)C[C@H](C2CC2)O1. The second kappa shape index (κ2) is 7.34. The smallest absolute Gasteiger partial charge is 0.321 e. The van der Waals surface area contributed by atoms with Crippen molar-refractivity contribution in [3.63, 3.8) is 0 Å². The number of anilines is 1. The number of morpholine rings is 1. The minimum absolute atomic E-state index is 0.279. The molecule has 1 saturated carbocycles. The molecule has 2 aliphatic rings. The molecule has 0 radical (unpaired) electrons. The Hall–Kier alpha value is -1.56. The first-order chi connectivity index (χ1) is 11.2. The first-order valence-electron chi connectivity index (χ1n) is 8.61. The minimum atomic E-state index is 0.279. The molecular weight excluding hydrogens is 294 g/mol. The minimum Gasteiger partial charge on any atom is -0.481 e. The fraction of sp³-hybridized carbons (Fsp3) is 0.765. The molecule has 0 amide bonds. The fourth-order valence-electron chi connectivity index (χ4n) is 3.13. The van der Waals surface area contributed by atoms with E-state index in [4.69, 9.17) is 14.2 Å². The topological polar surface area (TPSA) is 56.7 Å². The van der Waals surface area contributed by atoms with E-state index in [0.717, 1.165) is 25.3 Å². The number of hydrogen-bond acceptors (Lipinski definition) is 6. The zero-order valence-electron chi connectivity index (χ0n) is 14.3. The first kappa shape index (κ1) is 16.3. The number of methoxy groups -OCH3 is 2.